The first-order valence-electron chi connectivity index (χ1n) is 8.38. The molecule has 0 bridgehead atoms. The minimum absolute atomic E-state index is 0.183. The van der Waals surface area contributed by atoms with Gasteiger partial charge in [0, 0.05) is 5.56 Å². The van der Waals surface area contributed by atoms with Crippen LogP contribution in [0.1, 0.15) is 27.0 Å². The van der Waals surface area contributed by atoms with Gasteiger partial charge in [0.2, 0.25) is 0 Å². The van der Waals surface area contributed by atoms with E-state index < -0.39 is 5.97 Å². The highest BCUT2D eigenvalue weighted by Gasteiger charge is 2.07. The van der Waals surface area contributed by atoms with Gasteiger partial charge in [-0.2, -0.15) is 5.26 Å². The van der Waals surface area contributed by atoms with Gasteiger partial charge in [-0.1, -0.05) is 60.7 Å². The van der Waals surface area contributed by atoms with Crippen LogP contribution in [0.4, 0.5) is 0 Å². The van der Waals surface area contributed by atoms with E-state index in [1.807, 2.05) is 54.6 Å². The first-order chi connectivity index (χ1) is 13.2. The number of carboxylic acid groups (broad SMARTS) is 1. The normalized spacial score (nSPS) is 10.9. The molecule has 0 aliphatic carbocycles. The van der Waals surface area contributed by atoms with Crippen LogP contribution in [0.5, 0.6) is 5.75 Å². The Labute approximate surface area is 157 Å². The lowest BCUT2D eigenvalue weighted by Crippen LogP contribution is -1.97. The highest BCUT2D eigenvalue weighted by molar-refractivity contribution is 5.92. The maximum atomic E-state index is 11.0. The molecule has 0 atom stereocenters. The number of para-hydroxylation sites is 1. The second-order valence-electron chi connectivity index (χ2n) is 5.86. The van der Waals surface area contributed by atoms with Crippen LogP contribution >= 0.6 is 0 Å². The summed E-state index contributed by atoms with van der Waals surface area (Å²) in [7, 11) is 0. The first kappa shape index (κ1) is 18.0. The minimum Gasteiger partial charge on any atom is -0.488 e. The van der Waals surface area contributed by atoms with Crippen molar-refractivity contribution in [1.29, 1.82) is 5.26 Å². The van der Waals surface area contributed by atoms with Crippen LogP contribution in [0, 0.1) is 11.3 Å². The summed E-state index contributed by atoms with van der Waals surface area (Å²) in [5.41, 5.74) is 3.11. The van der Waals surface area contributed by atoms with Crippen molar-refractivity contribution in [2.45, 2.75) is 6.61 Å². The van der Waals surface area contributed by atoms with Crippen molar-refractivity contribution in [3.63, 3.8) is 0 Å². The highest BCUT2D eigenvalue weighted by Crippen LogP contribution is 2.25. The van der Waals surface area contributed by atoms with E-state index in [0.29, 0.717) is 23.5 Å². The molecule has 0 saturated carbocycles. The third kappa shape index (κ3) is 4.62. The fourth-order valence-corrected chi connectivity index (χ4v) is 2.59. The summed E-state index contributed by atoms with van der Waals surface area (Å²) in [6.07, 6.45) is 1.75. The van der Waals surface area contributed by atoms with Crippen LogP contribution in [0.3, 0.4) is 0 Å². The Bertz CT molecular complexity index is 1000. The number of nitrogens with zero attached hydrogens (tertiary/aromatic N) is 1. The summed E-state index contributed by atoms with van der Waals surface area (Å²) in [5.74, 6) is -0.319. The second-order valence-corrected chi connectivity index (χ2v) is 5.86. The minimum atomic E-state index is -0.997. The van der Waals surface area contributed by atoms with Crippen LogP contribution < -0.4 is 4.74 Å². The molecule has 3 aromatic carbocycles. The molecular weight excluding hydrogens is 338 g/mol. The molecule has 0 fully saturated rings. The molecule has 0 amide bonds. The van der Waals surface area contributed by atoms with Gasteiger partial charge in [-0.25, -0.2) is 4.79 Å². The Morgan fingerprint density at radius 1 is 0.926 bits per heavy atom. The molecule has 1 N–H and O–H groups in total. The zero-order valence-electron chi connectivity index (χ0n) is 14.5. The molecule has 0 saturated heterocycles. The molecule has 4 heteroatoms. The number of allylic oxidation sites excluding steroid dienone is 1. The zero-order chi connectivity index (χ0) is 19.1. The van der Waals surface area contributed by atoms with Gasteiger partial charge < -0.3 is 9.84 Å². The smallest absolute Gasteiger partial charge is 0.335 e. The largest absolute Gasteiger partial charge is 0.488 e. The van der Waals surface area contributed by atoms with Gasteiger partial charge in [0.25, 0.3) is 0 Å². The number of carbonyl (C=O) groups is 1. The monoisotopic (exact) mass is 355 g/mol. The Hall–Kier alpha value is -3.84. The van der Waals surface area contributed by atoms with E-state index in [9.17, 15) is 10.1 Å². The predicted molar refractivity (Wildman–Crippen MR) is 104 cm³/mol. The van der Waals surface area contributed by atoms with Gasteiger partial charge in [-0.3, -0.25) is 0 Å². The Balaban J connectivity index is 1.86. The molecular formula is C23H17NO3. The molecule has 0 heterocycles. The summed E-state index contributed by atoms with van der Waals surface area (Å²) in [4.78, 5) is 11.0. The number of nitriles is 1. The lowest BCUT2D eigenvalue weighted by molar-refractivity contribution is 0.0697. The quantitative estimate of drug-likeness (QED) is 0.497. The molecule has 132 valence electrons. The van der Waals surface area contributed by atoms with Crippen LogP contribution in [0.25, 0.3) is 11.6 Å². The van der Waals surface area contributed by atoms with Crippen molar-refractivity contribution in [3.8, 4) is 11.8 Å². The Morgan fingerprint density at radius 2 is 1.56 bits per heavy atom. The van der Waals surface area contributed by atoms with E-state index in [2.05, 4.69) is 6.07 Å². The van der Waals surface area contributed by atoms with Crippen LogP contribution in [0.2, 0.25) is 0 Å². The van der Waals surface area contributed by atoms with Crippen LogP contribution in [-0.4, -0.2) is 11.1 Å². The number of benzene rings is 3. The van der Waals surface area contributed by atoms with Crippen LogP contribution in [0.15, 0.2) is 78.9 Å². The maximum absolute atomic E-state index is 11.0. The fraction of sp³-hybridized carbons (Fsp3) is 0.0435. The standard InChI is InChI=1S/C23H17NO3/c24-15-21(18-10-12-19(13-11-18)23(25)26)14-20-8-4-5-9-22(20)27-16-17-6-2-1-3-7-17/h1-14H,16H2,(H,25,26)/b21-14-. The topological polar surface area (TPSA) is 70.3 Å². The van der Waals surface area contributed by atoms with E-state index in [-0.39, 0.29) is 5.56 Å². The van der Waals surface area contributed by atoms with E-state index in [1.54, 1.807) is 18.2 Å². The van der Waals surface area contributed by atoms with Crippen molar-refractivity contribution in [2.75, 3.05) is 0 Å². The highest BCUT2D eigenvalue weighted by atomic mass is 16.5. The third-order valence-corrected chi connectivity index (χ3v) is 4.02. The summed E-state index contributed by atoms with van der Waals surface area (Å²) in [6.45, 7) is 0.431. The van der Waals surface area contributed by atoms with Gasteiger partial charge in [0.1, 0.15) is 12.4 Å². The van der Waals surface area contributed by atoms with Gasteiger partial charge >= 0.3 is 5.97 Å². The molecule has 3 rings (SSSR count). The molecule has 0 aliphatic heterocycles. The number of hydrogen-bond acceptors (Lipinski definition) is 3. The number of carboxylic acids is 1. The molecule has 4 nitrogen and oxygen atoms in total. The Morgan fingerprint density at radius 3 is 2.22 bits per heavy atom. The molecule has 0 spiro atoms. The summed E-state index contributed by atoms with van der Waals surface area (Å²) < 4.78 is 5.92. The number of aromatic carboxylic acids is 1. The second kappa shape index (κ2) is 8.50. The van der Waals surface area contributed by atoms with Crippen molar-refractivity contribution >= 4 is 17.6 Å². The van der Waals surface area contributed by atoms with E-state index >= 15 is 0 Å². The molecule has 3 aromatic rings. The lowest BCUT2D eigenvalue weighted by atomic mass is 10.0. The summed E-state index contributed by atoms with van der Waals surface area (Å²) in [5, 5.41) is 18.5. The predicted octanol–water partition coefficient (Wildman–Crippen LogP) is 5.03. The molecule has 0 aromatic heterocycles. The average molecular weight is 355 g/mol. The van der Waals surface area contributed by atoms with Gasteiger partial charge in [0.15, 0.2) is 0 Å². The third-order valence-electron chi connectivity index (χ3n) is 4.02. The Kier molecular flexibility index (Phi) is 5.66. The van der Waals surface area contributed by atoms with Crippen molar-refractivity contribution in [1.82, 2.24) is 0 Å². The SMILES string of the molecule is N#C/C(=C/c1ccccc1OCc1ccccc1)c1ccc(C(=O)O)cc1. The molecule has 27 heavy (non-hydrogen) atoms. The van der Waals surface area contributed by atoms with E-state index in [0.717, 1.165) is 11.1 Å². The maximum Gasteiger partial charge on any atom is 0.335 e. The lowest BCUT2D eigenvalue weighted by Gasteiger charge is -2.10. The van der Waals surface area contributed by atoms with Crippen molar-refractivity contribution in [3.05, 3.63) is 101 Å². The zero-order valence-corrected chi connectivity index (χ0v) is 14.5. The first-order valence-corrected chi connectivity index (χ1v) is 8.38. The summed E-state index contributed by atoms with van der Waals surface area (Å²) in [6, 6.07) is 25.8. The van der Waals surface area contributed by atoms with Crippen LogP contribution in [-0.2, 0) is 6.61 Å². The van der Waals surface area contributed by atoms with Crippen molar-refractivity contribution < 1.29 is 14.6 Å². The summed E-state index contributed by atoms with van der Waals surface area (Å²) >= 11 is 0. The fourth-order valence-electron chi connectivity index (χ4n) is 2.59. The molecule has 0 unspecified atom stereocenters. The average Bonchev–Trinajstić information content (AvgIpc) is 2.72. The van der Waals surface area contributed by atoms with Crippen molar-refractivity contribution in [2.24, 2.45) is 0 Å². The number of hydrogen-bond donors (Lipinski definition) is 1. The van der Waals surface area contributed by atoms with E-state index in [4.69, 9.17) is 9.84 Å². The van der Waals surface area contributed by atoms with Gasteiger partial charge in [0.05, 0.1) is 17.2 Å². The molecule has 0 radical (unpaired) electrons. The molecule has 0 aliphatic rings. The number of ether oxygens (including phenoxy) is 1. The van der Waals surface area contributed by atoms with E-state index in [1.165, 1.54) is 12.1 Å². The van der Waals surface area contributed by atoms with Gasteiger partial charge in [-0.05, 0) is 35.4 Å². The number of rotatable bonds is 6. The van der Waals surface area contributed by atoms with Gasteiger partial charge in [-0.15, -0.1) is 0 Å².